The number of amides is 1. The van der Waals surface area contributed by atoms with Gasteiger partial charge in [0.25, 0.3) is 0 Å². The lowest BCUT2D eigenvalue weighted by Gasteiger charge is -2.11. The van der Waals surface area contributed by atoms with E-state index in [0.717, 1.165) is 6.20 Å². The van der Waals surface area contributed by atoms with Crippen molar-refractivity contribution in [1.82, 2.24) is 14.9 Å². The van der Waals surface area contributed by atoms with Crippen LogP contribution in [0.2, 0.25) is 0 Å². The number of rotatable bonds is 5. The zero-order chi connectivity index (χ0) is 12.8. The van der Waals surface area contributed by atoms with E-state index < -0.39 is 5.82 Å². The average Bonchev–Trinajstić information content (AvgIpc) is 2.31. The Balaban J connectivity index is 2.54. The molecular weight excluding hydrogens is 227 g/mol. The number of carbonyl (C=O) groups is 1. The zero-order valence-electron chi connectivity index (χ0n) is 9.70. The SMILES string of the molecule is CN(C)C(=O)CCNc1nc(NN)ncc1F. The zero-order valence-corrected chi connectivity index (χ0v) is 9.70. The number of hydrogen-bond donors (Lipinski definition) is 3. The quantitative estimate of drug-likeness (QED) is 0.488. The topological polar surface area (TPSA) is 96.2 Å². The highest BCUT2D eigenvalue weighted by molar-refractivity contribution is 5.76. The Morgan fingerprint density at radius 1 is 1.59 bits per heavy atom. The van der Waals surface area contributed by atoms with E-state index in [4.69, 9.17) is 5.84 Å². The summed E-state index contributed by atoms with van der Waals surface area (Å²) < 4.78 is 13.2. The maximum Gasteiger partial charge on any atom is 0.239 e. The molecule has 0 bridgehead atoms. The fourth-order valence-electron chi connectivity index (χ4n) is 1.07. The van der Waals surface area contributed by atoms with Crippen molar-refractivity contribution in [3.8, 4) is 0 Å². The summed E-state index contributed by atoms with van der Waals surface area (Å²) in [6.07, 6.45) is 1.25. The van der Waals surface area contributed by atoms with Gasteiger partial charge in [0, 0.05) is 27.1 Å². The molecule has 0 aliphatic heterocycles. The van der Waals surface area contributed by atoms with Crippen molar-refractivity contribution in [2.75, 3.05) is 31.4 Å². The number of halogens is 1. The molecule has 1 heterocycles. The van der Waals surface area contributed by atoms with Crippen LogP contribution in [0, 0.1) is 5.82 Å². The van der Waals surface area contributed by atoms with E-state index in [1.54, 1.807) is 14.1 Å². The van der Waals surface area contributed by atoms with Gasteiger partial charge in [0.2, 0.25) is 11.9 Å². The maximum atomic E-state index is 13.2. The first-order valence-corrected chi connectivity index (χ1v) is 4.97. The molecule has 0 spiro atoms. The van der Waals surface area contributed by atoms with Crippen LogP contribution in [0.3, 0.4) is 0 Å². The monoisotopic (exact) mass is 242 g/mol. The number of aromatic nitrogens is 2. The van der Waals surface area contributed by atoms with Crippen molar-refractivity contribution in [3.63, 3.8) is 0 Å². The minimum Gasteiger partial charge on any atom is -0.367 e. The summed E-state index contributed by atoms with van der Waals surface area (Å²) in [5.41, 5.74) is 2.21. The second-order valence-electron chi connectivity index (χ2n) is 3.50. The van der Waals surface area contributed by atoms with Crippen molar-refractivity contribution in [2.45, 2.75) is 6.42 Å². The van der Waals surface area contributed by atoms with Crippen LogP contribution in [-0.2, 0) is 4.79 Å². The summed E-state index contributed by atoms with van der Waals surface area (Å²) in [4.78, 5) is 20.1. The van der Waals surface area contributed by atoms with Gasteiger partial charge < -0.3 is 10.2 Å². The molecule has 7 nitrogen and oxygen atoms in total. The highest BCUT2D eigenvalue weighted by Crippen LogP contribution is 2.10. The molecule has 0 aliphatic carbocycles. The van der Waals surface area contributed by atoms with E-state index in [1.807, 2.05) is 0 Å². The number of hydrogen-bond acceptors (Lipinski definition) is 6. The first-order chi connectivity index (χ1) is 8.04. The Hall–Kier alpha value is -1.96. The Kier molecular flexibility index (Phi) is 4.58. The van der Waals surface area contributed by atoms with Crippen molar-refractivity contribution in [3.05, 3.63) is 12.0 Å². The van der Waals surface area contributed by atoms with E-state index in [2.05, 4.69) is 20.7 Å². The number of carbonyl (C=O) groups excluding carboxylic acids is 1. The summed E-state index contributed by atoms with van der Waals surface area (Å²) in [5, 5.41) is 2.70. The molecule has 0 saturated heterocycles. The van der Waals surface area contributed by atoms with E-state index >= 15 is 0 Å². The summed E-state index contributed by atoms with van der Waals surface area (Å²) in [6, 6.07) is 0. The van der Waals surface area contributed by atoms with Crippen LogP contribution in [0.1, 0.15) is 6.42 Å². The second-order valence-corrected chi connectivity index (χ2v) is 3.50. The highest BCUT2D eigenvalue weighted by Gasteiger charge is 2.07. The lowest BCUT2D eigenvalue weighted by molar-refractivity contribution is -0.128. The number of nitrogen functional groups attached to an aromatic ring is 1. The van der Waals surface area contributed by atoms with Crippen LogP contribution in [0.25, 0.3) is 0 Å². The van der Waals surface area contributed by atoms with E-state index in [1.165, 1.54) is 4.90 Å². The molecule has 0 unspecified atom stereocenters. The number of nitrogens with two attached hydrogens (primary N) is 1. The first kappa shape index (κ1) is 13.1. The molecule has 0 radical (unpaired) electrons. The van der Waals surface area contributed by atoms with E-state index in [0.29, 0.717) is 0 Å². The normalized spacial score (nSPS) is 9.88. The fourth-order valence-corrected chi connectivity index (χ4v) is 1.07. The van der Waals surface area contributed by atoms with Crippen LogP contribution in [-0.4, -0.2) is 41.4 Å². The third-order valence-electron chi connectivity index (χ3n) is 2.00. The minimum absolute atomic E-state index is 0.0134. The van der Waals surface area contributed by atoms with Gasteiger partial charge in [0.15, 0.2) is 11.6 Å². The first-order valence-electron chi connectivity index (χ1n) is 4.97. The van der Waals surface area contributed by atoms with Gasteiger partial charge in [-0.3, -0.25) is 10.2 Å². The van der Waals surface area contributed by atoms with Crippen LogP contribution >= 0.6 is 0 Å². The van der Waals surface area contributed by atoms with Gasteiger partial charge in [-0.25, -0.2) is 15.2 Å². The third-order valence-corrected chi connectivity index (χ3v) is 2.00. The fraction of sp³-hybridized carbons (Fsp3) is 0.444. The van der Waals surface area contributed by atoms with Crippen LogP contribution in [0.5, 0.6) is 0 Å². The Morgan fingerprint density at radius 3 is 2.88 bits per heavy atom. The number of nitrogens with zero attached hydrogens (tertiary/aromatic N) is 3. The molecule has 0 fully saturated rings. The third kappa shape index (κ3) is 3.83. The van der Waals surface area contributed by atoms with Gasteiger partial charge in [-0.05, 0) is 0 Å². The highest BCUT2D eigenvalue weighted by atomic mass is 19.1. The lowest BCUT2D eigenvalue weighted by atomic mass is 10.4. The smallest absolute Gasteiger partial charge is 0.239 e. The molecule has 1 aromatic rings. The van der Waals surface area contributed by atoms with Crippen LogP contribution in [0.4, 0.5) is 16.2 Å². The molecule has 4 N–H and O–H groups in total. The minimum atomic E-state index is -0.596. The summed E-state index contributed by atoms with van der Waals surface area (Å²) in [7, 11) is 3.31. The van der Waals surface area contributed by atoms with Crippen molar-refractivity contribution in [2.24, 2.45) is 5.84 Å². The van der Waals surface area contributed by atoms with Gasteiger partial charge >= 0.3 is 0 Å². The van der Waals surface area contributed by atoms with Crippen molar-refractivity contribution < 1.29 is 9.18 Å². The van der Waals surface area contributed by atoms with Gasteiger partial charge in [-0.1, -0.05) is 0 Å². The average molecular weight is 242 g/mol. The summed E-state index contributed by atoms with van der Waals surface area (Å²) in [5.74, 6) is 4.57. The number of anilines is 2. The molecule has 0 saturated carbocycles. The Bertz CT molecular complexity index is 397. The molecule has 17 heavy (non-hydrogen) atoms. The lowest BCUT2D eigenvalue weighted by Crippen LogP contribution is -2.24. The molecule has 0 atom stereocenters. The molecule has 0 aromatic carbocycles. The van der Waals surface area contributed by atoms with Gasteiger partial charge in [0.1, 0.15) is 0 Å². The maximum absolute atomic E-state index is 13.2. The van der Waals surface area contributed by atoms with Crippen molar-refractivity contribution >= 4 is 17.7 Å². The summed E-state index contributed by atoms with van der Waals surface area (Å²) >= 11 is 0. The molecule has 8 heteroatoms. The Labute approximate surface area is 98.2 Å². The van der Waals surface area contributed by atoms with E-state index in [9.17, 15) is 9.18 Å². The number of nitrogens with one attached hydrogen (secondary N) is 2. The molecule has 1 amide bonds. The molecule has 1 rings (SSSR count). The summed E-state index contributed by atoms with van der Waals surface area (Å²) in [6.45, 7) is 0.287. The largest absolute Gasteiger partial charge is 0.367 e. The number of hydrazine groups is 1. The van der Waals surface area contributed by atoms with Crippen LogP contribution in [0.15, 0.2) is 6.20 Å². The van der Waals surface area contributed by atoms with Gasteiger partial charge in [-0.15, -0.1) is 0 Å². The second kappa shape index (κ2) is 5.94. The van der Waals surface area contributed by atoms with Gasteiger partial charge in [0.05, 0.1) is 6.20 Å². The van der Waals surface area contributed by atoms with Gasteiger partial charge in [-0.2, -0.15) is 4.98 Å². The van der Waals surface area contributed by atoms with Crippen molar-refractivity contribution in [1.29, 1.82) is 0 Å². The predicted molar refractivity (Wildman–Crippen MR) is 61.6 cm³/mol. The predicted octanol–water partition coefficient (Wildman–Crippen LogP) is -0.209. The molecule has 1 aromatic heterocycles. The molecule has 0 aliphatic rings. The van der Waals surface area contributed by atoms with E-state index in [-0.39, 0.29) is 30.6 Å². The van der Waals surface area contributed by atoms with Crippen LogP contribution < -0.4 is 16.6 Å². The molecule has 94 valence electrons. The Morgan fingerprint density at radius 2 is 2.29 bits per heavy atom. The molecular formula is C9H15FN6O. The standard InChI is InChI=1S/C9H15FN6O/c1-16(2)7(17)3-4-12-8-6(10)5-13-9(14-8)15-11/h5H,3-4,11H2,1-2H3,(H2,12,13,14,15).